The minimum absolute atomic E-state index is 0.0667. The monoisotopic (exact) mass is 533 g/mol. The molecule has 4 rings (SSSR count). The highest BCUT2D eigenvalue weighted by atomic mass is 19.1. The molecule has 3 aliphatic rings. The molecule has 0 bridgehead atoms. The highest BCUT2D eigenvalue weighted by Gasteiger charge is 2.49. The van der Waals surface area contributed by atoms with Crippen LogP contribution in [0.3, 0.4) is 0 Å². The Balaban J connectivity index is 1.42. The number of likely N-dealkylation sites (tertiary alicyclic amines) is 2. The summed E-state index contributed by atoms with van der Waals surface area (Å²) >= 11 is 0. The Morgan fingerprint density at radius 1 is 1.13 bits per heavy atom. The fourth-order valence-corrected chi connectivity index (χ4v) is 5.74. The minimum Gasteiger partial charge on any atom is -0.490 e. The second kappa shape index (κ2) is 11.5. The maximum absolute atomic E-state index is 16.4. The molecule has 2 saturated heterocycles. The molecule has 208 valence electrons. The SMILES string of the molecule is CC(C)(F)CN1CCC(COc2ccc(C3C=CC=CC3(F)C(=O)N3CCCC[C@@H]3C(N)=O)cc2F)CC1. The number of amides is 2. The van der Waals surface area contributed by atoms with Crippen LogP contribution in [0.15, 0.2) is 42.5 Å². The van der Waals surface area contributed by atoms with E-state index in [2.05, 4.69) is 4.90 Å². The number of nitrogens with zero attached hydrogens (tertiary/aromatic N) is 2. The highest BCUT2D eigenvalue weighted by Crippen LogP contribution is 2.41. The lowest BCUT2D eigenvalue weighted by Crippen LogP contribution is -2.57. The molecule has 1 aromatic rings. The zero-order chi connectivity index (χ0) is 27.5. The molecule has 2 N–H and O–H groups in total. The lowest BCUT2D eigenvalue weighted by atomic mass is 9.79. The summed E-state index contributed by atoms with van der Waals surface area (Å²) in [5.74, 6) is -2.89. The van der Waals surface area contributed by atoms with E-state index in [1.165, 1.54) is 35.3 Å². The summed E-state index contributed by atoms with van der Waals surface area (Å²) in [6, 6.07) is 3.39. The molecule has 1 aliphatic carbocycles. The van der Waals surface area contributed by atoms with Gasteiger partial charge in [-0.1, -0.05) is 24.3 Å². The van der Waals surface area contributed by atoms with E-state index in [0.717, 1.165) is 32.4 Å². The smallest absolute Gasteiger partial charge is 0.265 e. The number of hydrogen-bond acceptors (Lipinski definition) is 4. The van der Waals surface area contributed by atoms with E-state index >= 15 is 8.78 Å². The average molecular weight is 534 g/mol. The van der Waals surface area contributed by atoms with Crippen molar-refractivity contribution in [2.45, 2.75) is 69.2 Å². The maximum atomic E-state index is 16.4. The van der Waals surface area contributed by atoms with E-state index < -0.39 is 40.9 Å². The minimum atomic E-state index is -2.48. The Labute approximate surface area is 222 Å². The predicted molar refractivity (Wildman–Crippen MR) is 140 cm³/mol. The topological polar surface area (TPSA) is 75.9 Å². The van der Waals surface area contributed by atoms with Gasteiger partial charge in [-0.25, -0.2) is 13.2 Å². The molecular formula is C29H38F3N3O3. The third-order valence-corrected chi connectivity index (χ3v) is 7.72. The van der Waals surface area contributed by atoms with Crippen LogP contribution in [0.1, 0.15) is 57.4 Å². The number of nitrogens with two attached hydrogens (primary N) is 1. The standard InChI is InChI=1S/C29H38F3N3O3/c1-28(2,31)19-34-15-11-20(12-16-34)18-38-25-10-9-21(17-23(25)30)22-7-3-5-13-29(22,32)27(37)35-14-6-4-8-24(35)26(33)36/h3,5,7,9-10,13,17,20,22,24H,4,6,8,11-12,14-16,18-19H2,1-2H3,(H2,33,36)/t22?,24-,29?/m1/s1. The molecule has 2 amide bonds. The van der Waals surface area contributed by atoms with E-state index in [1.807, 2.05) is 0 Å². The van der Waals surface area contributed by atoms with E-state index in [4.69, 9.17) is 10.5 Å². The van der Waals surface area contributed by atoms with Crippen molar-refractivity contribution < 1.29 is 27.5 Å². The molecular weight excluding hydrogens is 495 g/mol. The maximum Gasteiger partial charge on any atom is 0.265 e. The van der Waals surface area contributed by atoms with Gasteiger partial charge in [0.05, 0.1) is 6.61 Å². The summed E-state index contributed by atoms with van der Waals surface area (Å²) in [5, 5.41) is 0. The summed E-state index contributed by atoms with van der Waals surface area (Å²) in [7, 11) is 0. The van der Waals surface area contributed by atoms with Crippen molar-refractivity contribution in [1.29, 1.82) is 0 Å². The van der Waals surface area contributed by atoms with Crippen LogP contribution in [0.4, 0.5) is 13.2 Å². The van der Waals surface area contributed by atoms with Crippen molar-refractivity contribution in [2.75, 3.05) is 32.8 Å². The van der Waals surface area contributed by atoms with Crippen molar-refractivity contribution in [3.63, 3.8) is 0 Å². The number of halogens is 3. The number of allylic oxidation sites excluding steroid dienone is 3. The van der Waals surface area contributed by atoms with Crippen LogP contribution in [-0.4, -0.2) is 71.8 Å². The van der Waals surface area contributed by atoms with Gasteiger partial charge in [0.1, 0.15) is 11.7 Å². The molecule has 1 aromatic carbocycles. The van der Waals surface area contributed by atoms with Gasteiger partial charge in [-0.3, -0.25) is 9.59 Å². The van der Waals surface area contributed by atoms with Crippen molar-refractivity contribution >= 4 is 11.8 Å². The fraction of sp³-hybridized carbons (Fsp3) is 0.586. The highest BCUT2D eigenvalue weighted by molar-refractivity contribution is 5.94. The Kier molecular flexibility index (Phi) is 8.55. The van der Waals surface area contributed by atoms with Crippen LogP contribution >= 0.6 is 0 Å². The van der Waals surface area contributed by atoms with Crippen LogP contribution in [0.25, 0.3) is 0 Å². The predicted octanol–water partition coefficient (Wildman–Crippen LogP) is 4.45. The van der Waals surface area contributed by atoms with Crippen LogP contribution < -0.4 is 10.5 Å². The Morgan fingerprint density at radius 2 is 1.87 bits per heavy atom. The number of alkyl halides is 2. The molecule has 6 nitrogen and oxygen atoms in total. The Bertz CT molecular complexity index is 1080. The summed E-state index contributed by atoms with van der Waals surface area (Å²) < 4.78 is 51.2. The third-order valence-electron chi connectivity index (χ3n) is 7.72. The first-order valence-corrected chi connectivity index (χ1v) is 13.5. The molecule has 2 aliphatic heterocycles. The zero-order valence-electron chi connectivity index (χ0n) is 22.2. The number of carbonyl (C=O) groups excluding carboxylic acids is 2. The number of hydrogen-bond donors (Lipinski definition) is 1. The molecule has 38 heavy (non-hydrogen) atoms. The summed E-state index contributed by atoms with van der Waals surface area (Å²) in [6.45, 7) is 5.65. The van der Waals surface area contributed by atoms with Crippen LogP contribution in [0, 0.1) is 11.7 Å². The summed E-state index contributed by atoms with van der Waals surface area (Å²) in [4.78, 5) is 28.7. The zero-order valence-corrected chi connectivity index (χ0v) is 22.2. The van der Waals surface area contributed by atoms with Crippen molar-refractivity contribution in [3.05, 3.63) is 53.9 Å². The summed E-state index contributed by atoms with van der Waals surface area (Å²) in [5.41, 5.74) is 2.07. The van der Waals surface area contributed by atoms with Crippen LogP contribution in [0.2, 0.25) is 0 Å². The van der Waals surface area contributed by atoms with Gasteiger partial charge in [0.15, 0.2) is 11.6 Å². The van der Waals surface area contributed by atoms with E-state index in [1.54, 1.807) is 26.0 Å². The lowest BCUT2D eigenvalue weighted by molar-refractivity contribution is -0.149. The number of rotatable bonds is 8. The van der Waals surface area contributed by atoms with Gasteiger partial charge in [0, 0.05) is 19.0 Å². The first kappa shape index (κ1) is 28.2. The number of ether oxygens (including phenoxy) is 1. The largest absolute Gasteiger partial charge is 0.490 e. The summed E-state index contributed by atoms with van der Waals surface area (Å²) in [6.07, 6.45) is 9.24. The Hall–Kier alpha value is -2.81. The number of benzene rings is 1. The molecule has 0 saturated carbocycles. The second-order valence-corrected chi connectivity index (χ2v) is 11.3. The van der Waals surface area contributed by atoms with E-state index in [0.29, 0.717) is 31.6 Å². The van der Waals surface area contributed by atoms with Gasteiger partial charge in [-0.2, -0.15) is 0 Å². The van der Waals surface area contributed by atoms with Gasteiger partial charge < -0.3 is 20.3 Å². The molecule has 0 spiro atoms. The molecule has 9 heteroatoms. The number of piperidine rings is 2. The molecule has 3 atom stereocenters. The second-order valence-electron chi connectivity index (χ2n) is 11.3. The van der Waals surface area contributed by atoms with Crippen molar-refractivity contribution in [1.82, 2.24) is 9.80 Å². The lowest BCUT2D eigenvalue weighted by Gasteiger charge is -2.40. The van der Waals surface area contributed by atoms with Crippen molar-refractivity contribution in [3.8, 4) is 5.75 Å². The number of carbonyl (C=O) groups is 2. The van der Waals surface area contributed by atoms with Crippen LogP contribution in [0.5, 0.6) is 5.75 Å². The quantitative estimate of drug-likeness (QED) is 0.536. The fourth-order valence-electron chi connectivity index (χ4n) is 5.74. The van der Waals surface area contributed by atoms with Gasteiger partial charge in [-0.05, 0) is 88.7 Å². The van der Waals surface area contributed by atoms with Crippen molar-refractivity contribution in [2.24, 2.45) is 11.7 Å². The average Bonchev–Trinajstić information content (AvgIpc) is 2.87. The number of primary amides is 1. The van der Waals surface area contributed by atoms with Gasteiger partial charge in [0.2, 0.25) is 11.6 Å². The first-order chi connectivity index (χ1) is 18.0. The Morgan fingerprint density at radius 3 is 2.53 bits per heavy atom. The van der Waals surface area contributed by atoms with E-state index in [-0.39, 0.29) is 18.2 Å². The molecule has 2 fully saturated rings. The third kappa shape index (κ3) is 6.42. The van der Waals surface area contributed by atoms with Crippen LogP contribution in [-0.2, 0) is 9.59 Å². The van der Waals surface area contributed by atoms with Gasteiger partial charge in [-0.15, -0.1) is 0 Å². The van der Waals surface area contributed by atoms with E-state index in [9.17, 15) is 14.0 Å². The van der Waals surface area contributed by atoms with Gasteiger partial charge in [0.25, 0.3) is 5.91 Å². The first-order valence-electron chi connectivity index (χ1n) is 13.5. The molecule has 0 aromatic heterocycles. The van der Waals surface area contributed by atoms with Gasteiger partial charge >= 0.3 is 0 Å². The molecule has 2 heterocycles. The normalized spacial score (nSPS) is 26.9. The molecule has 2 unspecified atom stereocenters. The molecule has 0 radical (unpaired) electrons.